The van der Waals surface area contributed by atoms with Crippen LogP contribution in [0, 0.1) is 0 Å². The van der Waals surface area contributed by atoms with Crippen molar-refractivity contribution in [3.8, 4) is 0 Å². The molecule has 2 aliphatic rings. The smallest absolute Gasteiger partial charge is 0.494 e. The lowest BCUT2D eigenvalue weighted by Crippen LogP contribution is -2.48. The number of likely N-dealkylation sites (N-methyl/N-ethyl adjacent to an activating group) is 1. The normalized spacial score (nSPS) is 17.2. The summed E-state index contributed by atoms with van der Waals surface area (Å²) < 4.78 is 16.1. The molecule has 1 fully saturated rings. The zero-order chi connectivity index (χ0) is 21.8. The molecule has 4 rings (SSSR count). The Morgan fingerprint density at radius 2 is 1.71 bits per heavy atom. The molecular formula is C22H23BN2O6. The molecule has 0 bridgehead atoms. The maximum absolute atomic E-state index is 12.4. The van der Waals surface area contributed by atoms with Crippen LogP contribution >= 0.6 is 0 Å². The minimum Gasteiger partial charge on any atom is -0.494 e. The van der Waals surface area contributed by atoms with Crippen molar-refractivity contribution in [2.45, 2.75) is 19.6 Å². The molecule has 0 unspecified atom stereocenters. The van der Waals surface area contributed by atoms with Gasteiger partial charge in [0, 0.05) is 18.6 Å². The van der Waals surface area contributed by atoms with E-state index >= 15 is 0 Å². The summed E-state index contributed by atoms with van der Waals surface area (Å²) >= 11 is 0. The maximum Gasteiger partial charge on any atom is 0.636 e. The lowest BCUT2D eigenvalue weighted by Gasteiger charge is -2.29. The fourth-order valence-electron chi connectivity index (χ4n) is 3.66. The SMILES string of the molecule is CN1CC(=O)OB(c2ccc3c(c2)CCN(C(=O)OCc2ccccc2)C3)OC(=O)C1. The largest absolute Gasteiger partial charge is 0.636 e. The van der Waals surface area contributed by atoms with Crippen molar-refractivity contribution >= 4 is 30.6 Å². The fraction of sp³-hybridized carbons (Fsp3) is 0.318. The highest BCUT2D eigenvalue weighted by Crippen LogP contribution is 2.19. The van der Waals surface area contributed by atoms with Gasteiger partial charge in [-0.15, -0.1) is 0 Å². The van der Waals surface area contributed by atoms with Crippen molar-refractivity contribution in [1.82, 2.24) is 9.80 Å². The van der Waals surface area contributed by atoms with E-state index in [-0.39, 0.29) is 25.8 Å². The number of fused-ring (bicyclic) bond motifs is 1. The van der Waals surface area contributed by atoms with Gasteiger partial charge in [-0.1, -0.05) is 48.5 Å². The minimum atomic E-state index is -1.06. The first-order valence-corrected chi connectivity index (χ1v) is 10.1. The predicted molar refractivity (Wildman–Crippen MR) is 112 cm³/mol. The zero-order valence-corrected chi connectivity index (χ0v) is 17.3. The highest BCUT2D eigenvalue weighted by molar-refractivity contribution is 6.64. The molecule has 2 aromatic carbocycles. The van der Waals surface area contributed by atoms with Gasteiger partial charge in [-0.05, 0) is 30.2 Å². The highest BCUT2D eigenvalue weighted by Gasteiger charge is 2.34. The Hall–Kier alpha value is -3.33. The molecule has 0 aliphatic carbocycles. The van der Waals surface area contributed by atoms with Crippen molar-refractivity contribution in [1.29, 1.82) is 0 Å². The van der Waals surface area contributed by atoms with Crippen LogP contribution in [-0.2, 0) is 43.2 Å². The second-order valence-corrected chi connectivity index (χ2v) is 7.72. The molecule has 9 heteroatoms. The van der Waals surface area contributed by atoms with Crippen LogP contribution in [0.15, 0.2) is 48.5 Å². The number of hydrogen-bond donors (Lipinski definition) is 0. The van der Waals surface area contributed by atoms with Crippen molar-refractivity contribution in [3.63, 3.8) is 0 Å². The van der Waals surface area contributed by atoms with Crippen LogP contribution < -0.4 is 5.46 Å². The van der Waals surface area contributed by atoms with Gasteiger partial charge in [0.1, 0.15) is 6.61 Å². The van der Waals surface area contributed by atoms with Crippen LogP contribution in [0.3, 0.4) is 0 Å². The first kappa shape index (κ1) is 20.9. The molecule has 0 spiro atoms. The first-order valence-electron chi connectivity index (χ1n) is 10.1. The summed E-state index contributed by atoms with van der Waals surface area (Å²) in [5.41, 5.74) is 3.54. The number of amides is 1. The van der Waals surface area contributed by atoms with E-state index in [0.717, 1.165) is 16.7 Å². The van der Waals surface area contributed by atoms with Gasteiger partial charge >= 0.3 is 25.2 Å². The van der Waals surface area contributed by atoms with Crippen LogP contribution in [0.25, 0.3) is 0 Å². The van der Waals surface area contributed by atoms with E-state index < -0.39 is 19.1 Å². The predicted octanol–water partition coefficient (Wildman–Crippen LogP) is 1.11. The summed E-state index contributed by atoms with van der Waals surface area (Å²) in [5.74, 6) is -0.907. The molecule has 0 radical (unpaired) electrons. The summed E-state index contributed by atoms with van der Waals surface area (Å²) in [6.07, 6.45) is 0.270. The Bertz CT molecular complexity index is 963. The van der Waals surface area contributed by atoms with Crippen LogP contribution in [0.1, 0.15) is 16.7 Å². The number of ether oxygens (including phenoxy) is 1. The summed E-state index contributed by atoms with van der Waals surface area (Å²) in [4.78, 5) is 39.6. The van der Waals surface area contributed by atoms with Gasteiger partial charge in [0.2, 0.25) is 0 Å². The summed E-state index contributed by atoms with van der Waals surface area (Å²) in [6, 6.07) is 15.0. The number of benzene rings is 2. The Kier molecular flexibility index (Phi) is 6.22. The topological polar surface area (TPSA) is 85.4 Å². The Balaban J connectivity index is 1.40. The second-order valence-electron chi connectivity index (χ2n) is 7.72. The molecule has 1 amide bonds. The summed E-state index contributed by atoms with van der Waals surface area (Å²) in [6.45, 7) is 1.22. The van der Waals surface area contributed by atoms with Crippen LogP contribution in [-0.4, -0.2) is 61.6 Å². The van der Waals surface area contributed by atoms with Crippen molar-refractivity contribution in [2.75, 3.05) is 26.7 Å². The maximum atomic E-state index is 12.4. The average molecular weight is 422 g/mol. The molecule has 31 heavy (non-hydrogen) atoms. The standard InChI is InChI=1S/C22H23BN2O6/c1-24-13-20(26)30-23(31-21(27)14-24)19-8-7-18-12-25(10-9-17(18)11-19)22(28)29-15-16-5-3-2-4-6-16/h2-8,11H,9-10,12-15H2,1H3. The third kappa shape index (κ3) is 5.24. The molecule has 0 atom stereocenters. The van der Waals surface area contributed by atoms with E-state index in [1.165, 1.54) is 0 Å². The van der Waals surface area contributed by atoms with Gasteiger partial charge in [-0.25, -0.2) is 4.79 Å². The molecular weight excluding hydrogens is 399 g/mol. The fourth-order valence-corrected chi connectivity index (χ4v) is 3.66. The molecule has 0 N–H and O–H groups in total. The molecule has 2 heterocycles. The lowest BCUT2D eigenvalue weighted by molar-refractivity contribution is -0.145. The molecule has 1 saturated heterocycles. The van der Waals surface area contributed by atoms with E-state index in [9.17, 15) is 14.4 Å². The summed E-state index contributed by atoms with van der Waals surface area (Å²) in [5, 5.41) is 0. The van der Waals surface area contributed by atoms with Gasteiger partial charge in [-0.2, -0.15) is 0 Å². The van der Waals surface area contributed by atoms with Gasteiger partial charge < -0.3 is 18.9 Å². The zero-order valence-electron chi connectivity index (χ0n) is 17.3. The van der Waals surface area contributed by atoms with E-state index in [4.69, 9.17) is 14.0 Å². The van der Waals surface area contributed by atoms with Gasteiger partial charge in [0.05, 0.1) is 13.1 Å². The van der Waals surface area contributed by atoms with Gasteiger partial charge in [0.15, 0.2) is 0 Å². The summed E-state index contributed by atoms with van der Waals surface area (Å²) in [7, 11) is 0.589. The number of nitrogens with zero attached hydrogens (tertiary/aromatic N) is 2. The van der Waals surface area contributed by atoms with E-state index in [1.807, 2.05) is 42.5 Å². The van der Waals surface area contributed by atoms with Crippen LogP contribution in [0.5, 0.6) is 0 Å². The third-order valence-electron chi connectivity index (χ3n) is 5.25. The third-order valence-corrected chi connectivity index (χ3v) is 5.25. The van der Waals surface area contributed by atoms with E-state index in [2.05, 4.69) is 0 Å². The van der Waals surface area contributed by atoms with Crippen LogP contribution in [0.4, 0.5) is 4.79 Å². The van der Waals surface area contributed by atoms with Gasteiger partial charge in [-0.3, -0.25) is 14.5 Å². The van der Waals surface area contributed by atoms with Crippen molar-refractivity contribution in [2.24, 2.45) is 0 Å². The minimum absolute atomic E-state index is 0.0244. The Labute approximate surface area is 180 Å². The van der Waals surface area contributed by atoms with Crippen molar-refractivity contribution in [3.05, 3.63) is 65.2 Å². The number of carbonyl (C=O) groups excluding carboxylic acids is 3. The highest BCUT2D eigenvalue weighted by atomic mass is 16.6. The molecule has 2 aromatic rings. The van der Waals surface area contributed by atoms with Crippen molar-refractivity contribution < 1.29 is 28.4 Å². The molecule has 160 valence electrons. The number of rotatable bonds is 3. The van der Waals surface area contributed by atoms with E-state index in [1.54, 1.807) is 22.9 Å². The van der Waals surface area contributed by atoms with Crippen LogP contribution in [0.2, 0.25) is 0 Å². The second kappa shape index (κ2) is 9.22. The Morgan fingerprint density at radius 3 is 2.42 bits per heavy atom. The molecule has 8 nitrogen and oxygen atoms in total. The number of hydrogen-bond acceptors (Lipinski definition) is 7. The quantitative estimate of drug-likeness (QED) is 0.686. The molecule has 2 aliphatic heterocycles. The first-order chi connectivity index (χ1) is 15.0. The molecule has 0 saturated carbocycles. The monoisotopic (exact) mass is 422 g/mol. The Morgan fingerprint density at radius 1 is 1.00 bits per heavy atom. The average Bonchev–Trinajstić information content (AvgIpc) is 2.75. The molecule has 0 aromatic heterocycles. The number of carbonyl (C=O) groups is 3. The van der Waals surface area contributed by atoms with E-state index in [0.29, 0.717) is 25.0 Å². The lowest BCUT2D eigenvalue weighted by atomic mass is 9.76. The van der Waals surface area contributed by atoms with Gasteiger partial charge in [0.25, 0.3) is 0 Å².